The van der Waals surface area contributed by atoms with E-state index in [1.807, 2.05) is 0 Å². The van der Waals surface area contributed by atoms with Crippen molar-refractivity contribution in [1.82, 2.24) is 9.80 Å². The SMILES string of the molecule is CC(C)CC1(CN2CCC(c3ccc(N4CCN(C)CC4)cc3)CC2)CC1. The lowest BCUT2D eigenvalue weighted by Gasteiger charge is -2.36. The summed E-state index contributed by atoms with van der Waals surface area (Å²) in [6, 6.07) is 9.56. The number of benzene rings is 1. The first-order valence-corrected chi connectivity index (χ1v) is 11.3. The number of hydrogen-bond acceptors (Lipinski definition) is 3. The molecule has 1 aromatic rings. The van der Waals surface area contributed by atoms with Crippen LogP contribution in [0, 0.1) is 11.3 Å². The molecule has 4 rings (SSSR count). The molecule has 1 aromatic carbocycles. The van der Waals surface area contributed by atoms with E-state index in [0.29, 0.717) is 5.41 Å². The molecule has 3 aliphatic rings. The van der Waals surface area contributed by atoms with Gasteiger partial charge in [0, 0.05) is 38.4 Å². The number of likely N-dealkylation sites (N-methyl/N-ethyl adjacent to an activating group) is 1. The van der Waals surface area contributed by atoms with Gasteiger partial charge in [-0.25, -0.2) is 0 Å². The summed E-state index contributed by atoms with van der Waals surface area (Å²) in [5.41, 5.74) is 3.66. The number of piperidine rings is 1. The first-order chi connectivity index (χ1) is 13.0. The van der Waals surface area contributed by atoms with Gasteiger partial charge < -0.3 is 14.7 Å². The van der Waals surface area contributed by atoms with Gasteiger partial charge in [0.05, 0.1) is 0 Å². The van der Waals surface area contributed by atoms with E-state index < -0.39 is 0 Å². The van der Waals surface area contributed by atoms with Crippen LogP contribution in [0.5, 0.6) is 0 Å². The van der Waals surface area contributed by atoms with Crippen LogP contribution in [0.3, 0.4) is 0 Å². The summed E-state index contributed by atoms with van der Waals surface area (Å²) in [6.07, 6.45) is 7.05. The first-order valence-electron chi connectivity index (χ1n) is 11.3. The fourth-order valence-electron chi connectivity index (χ4n) is 5.39. The molecule has 2 aliphatic heterocycles. The number of rotatable bonds is 6. The van der Waals surface area contributed by atoms with Gasteiger partial charge in [-0.3, -0.25) is 0 Å². The van der Waals surface area contributed by atoms with Crippen molar-refractivity contribution >= 4 is 5.69 Å². The zero-order valence-corrected chi connectivity index (χ0v) is 17.8. The van der Waals surface area contributed by atoms with Crippen molar-refractivity contribution in [2.75, 3.05) is 57.8 Å². The van der Waals surface area contributed by atoms with Crippen LogP contribution < -0.4 is 4.90 Å². The third kappa shape index (κ3) is 4.86. The molecule has 3 fully saturated rings. The fourth-order valence-corrected chi connectivity index (χ4v) is 5.39. The van der Waals surface area contributed by atoms with Crippen LogP contribution in [0.2, 0.25) is 0 Å². The minimum absolute atomic E-state index is 0.686. The second-order valence-electron chi connectivity index (χ2n) is 10.0. The maximum atomic E-state index is 2.77. The molecule has 1 aliphatic carbocycles. The van der Waals surface area contributed by atoms with Crippen LogP contribution in [0.15, 0.2) is 24.3 Å². The van der Waals surface area contributed by atoms with E-state index in [1.165, 1.54) is 70.5 Å². The third-order valence-corrected chi connectivity index (χ3v) is 7.18. The van der Waals surface area contributed by atoms with Gasteiger partial charge in [0.25, 0.3) is 0 Å². The second-order valence-corrected chi connectivity index (χ2v) is 10.0. The van der Waals surface area contributed by atoms with E-state index in [0.717, 1.165) is 24.9 Å². The molecule has 0 amide bonds. The fraction of sp³-hybridized carbons (Fsp3) is 0.750. The summed E-state index contributed by atoms with van der Waals surface area (Å²) >= 11 is 0. The van der Waals surface area contributed by atoms with Crippen molar-refractivity contribution in [2.45, 2.75) is 51.9 Å². The topological polar surface area (TPSA) is 9.72 Å². The zero-order valence-electron chi connectivity index (χ0n) is 17.8. The number of piperazine rings is 1. The average Bonchev–Trinajstić information content (AvgIpc) is 3.41. The molecule has 3 nitrogen and oxygen atoms in total. The van der Waals surface area contributed by atoms with Gasteiger partial charge in [0.2, 0.25) is 0 Å². The van der Waals surface area contributed by atoms with E-state index in [4.69, 9.17) is 0 Å². The Morgan fingerprint density at radius 3 is 2.11 bits per heavy atom. The molecule has 150 valence electrons. The van der Waals surface area contributed by atoms with Crippen LogP contribution in [0.1, 0.15) is 57.4 Å². The van der Waals surface area contributed by atoms with Crippen molar-refractivity contribution in [2.24, 2.45) is 11.3 Å². The lowest BCUT2D eigenvalue weighted by Crippen LogP contribution is -2.44. The van der Waals surface area contributed by atoms with E-state index >= 15 is 0 Å². The molecule has 0 bridgehead atoms. The van der Waals surface area contributed by atoms with Crippen LogP contribution in [-0.4, -0.2) is 62.7 Å². The predicted octanol–water partition coefficient (Wildman–Crippen LogP) is 4.44. The van der Waals surface area contributed by atoms with Gasteiger partial charge in [0.1, 0.15) is 0 Å². The molecule has 27 heavy (non-hydrogen) atoms. The van der Waals surface area contributed by atoms with Gasteiger partial charge >= 0.3 is 0 Å². The van der Waals surface area contributed by atoms with E-state index in [9.17, 15) is 0 Å². The Morgan fingerprint density at radius 2 is 1.56 bits per heavy atom. The first kappa shape index (κ1) is 19.3. The predicted molar refractivity (Wildman–Crippen MR) is 116 cm³/mol. The van der Waals surface area contributed by atoms with Crippen LogP contribution in [-0.2, 0) is 0 Å². The summed E-state index contributed by atoms with van der Waals surface area (Å²) in [5, 5.41) is 0. The van der Waals surface area contributed by atoms with Gasteiger partial charge in [-0.2, -0.15) is 0 Å². The maximum Gasteiger partial charge on any atom is 0.0367 e. The molecule has 2 heterocycles. The van der Waals surface area contributed by atoms with E-state index in [-0.39, 0.29) is 0 Å². The molecule has 0 atom stereocenters. The van der Waals surface area contributed by atoms with Crippen molar-refractivity contribution in [3.05, 3.63) is 29.8 Å². The molecule has 3 heteroatoms. The summed E-state index contributed by atoms with van der Waals surface area (Å²) < 4.78 is 0. The number of likely N-dealkylation sites (tertiary alicyclic amines) is 1. The molecule has 0 aromatic heterocycles. The monoisotopic (exact) mass is 369 g/mol. The minimum Gasteiger partial charge on any atom is -0.369 e. The maximum absolute atomic E-state index is 2.77. The highest BCUT2D eigenvalue weighted by Gasteiger charge is 2.44. The Labute approximate surface area is 166 Å². The second kappa shape index (κ2) is 8.13. The highest BCUT2D eigenvalue weighted by Crippen LogP contribution is 2.51. The van der Waals surface area contributed by atoms with Crippen molar-refractivity contribution in [1.29, 1.82) is 0 Å². The Balaban J connectivity index is 1.27. The quantitative estimate of drug-likeness (QED) is 0.734. The van der Waals surface area contributed by atoms with Gasteiger partial charge in [-0.15, -0.1) is 0 Å². The molecule has 0 N–H and O–H groups in total. The van der Waals surface area contributed by atoms with Crippen LogP contribution in [0.25, 0.3) is 0 Å². The van der Waals surface area contributed by atoms with Crippen LogP contribution in [0.4, 0.5) is 5.69 Å². The molecule has 1 saturated carbocycles. The highest BCUT2D eigenvalue weighted by molar-refractivity contribution is 5.48. The van der Waals surface area contributed by atoms with Crippen molar-refractivity contribution < 1.29 is 0 Å². The normalized spacial score (nSPS) is 24.5. The van der Waals surface area contributed by atoms with Gasteiger partial charge in [-0.05, 0) is 87.2 Å². The van der Waals surface area contributed by atoms with E-state index in [2.05, 4.69) is 59.9 Å². The standard InChI is InChI=1S/C24H39N3/c1-20(2)18-24(10-11-24)19-26-12-8-22(9-13-26)21-4-6-23(7-5-21)27-16-14-25(3)15-17-27/h4-7,20,22H,8-19H2,1-3H3. The average molecular weight is 370 g/mol. The summed E-state index contributed by atoms with van der Waals surface area (Å²) in [5.74, 6) is 1.62. The number of nitrogens with zero attached hydrogens (tertiary/aromatic N) is 3. The summed E-state index contributed by atoms with van der Waals surface area (Å²) in [6.45, 7) is 13.4. The molecule has 0 spiro atoms. The van der Waals surface area contributed by atoms with Crippen molar-refractivity contribution in [3.63, 3.8) is 0 Å². The molecular formula is C24H39N3. The smallest absolute Gasteiger partial charge is 0.0367 e. The third-order valence-electron chi connectivity index (χ3n) is 7.18. The lowest BCUT2D eigenvalue weighted by atomic mass is 9.87. The highest BCUT2D eigenvalue weighted by atomic mass is 15.2. The Kier molecular flexibility index (Phi) is 5.80. The Hall–Kier alpha value is -1.06. The summed E-state index contributed by atoms with van der Waals surface area (Å²) in [4.78, 5) is 7.73. The molecular weight excluding hydrogens is 330 g/mol. The van der Waals surface area contributed by atoms with E-state index in [1.54, 1.807) is 5.56 Å². The Morgan fingerprint density at radius 1 is 0.926 bits per heavy atom. The van der Waals surface area contributed by atoms with Crippen LogP contribution >= 0.6 is 0 Å². The minimum atomic E-state index is 0.686. The Bertz CT molecular complexity index is 589. The number of hydrogen-bond donors (Lipinski definition) is 0. The molecule has 0 unspecified atom stereocenters. The number of anilines is 1. The summed E-state index contributed by atoms with van der Waals surface area (Å²) in [7, 11) is 2.22. The van der Waals surface area contributed by atoms with Gasteiger partial charge in [0.15, 0.2) is 0 Å². The van der Waals surface area contributed by atoms with Gasteiger partial charge in [-0.1, -0.05) is 26.0 Å². The largest absolute Gasteiger partial charge is 0.369 e. The molecule has 2 saturated heterocycles. The lowest BCUT2D eigenvalue weighted by molar-refractivity contribution is 0.162. The zero-order chi connectivity index (χ0) is 18.9. The molecule has 0 radical (unpaired) electrons. The van der Waals surface area contributed by atoms with Crippen molar-refractivity contribution in [3.8, 4) is 0 Å².